The molecule has 4 aliphatic rings. The molecular weight excluding hydrogens is 695 g/mol. The van der Waals surface area contributed by atoms with Gasteiger partial charge in [0.25, 0.3) is 0 Å². The molecule has 0 aliphatic heterocycles. The summed E-state index contributed by atoms with van der Waals surface area (Å²) in [5.74, 6) is 1.15. The summed E-state index contributed by atoms with van der Waals surface area (Å²) in [6.07, 6.45) is 15.2. The maximum atomic E-state index is 2.62. The van der Waals surface area contributed by atoms with Crippen LogP contribution in [0.1, 0.15) is 183 Å². The van der Waals surface area contributed by atoms with E-state index < -0.39 is 25.8 Å². The Kier molecular flexibility index (Phi) is 13.1. The van der Waals surface area contributed by atoms with E-state index in [4.69, 9.17) is 0 Å². The van der Waals surface area contributed by atoms with Crippen LogP contribution in [0.5, 0.6) is 0 Å². The van der Waals surface area contributed by atoms with Crippen LogP contribution in [-0.2, 0) is 20.4 Å². The molecule has 4 aliphatic carbocycles. The zero-order valence-corrected chi connectivity index (χ0v) is 35.6. The molecule has 0 bridgehead atoms. The van der Waals surface area contributed by atoms with Crippen LogP contribution in [0.2, 0.25) is 11.1 Å². The van der Waals surface area contributed by atoms with E-state index in [-0.39, 0.29) is 24.8 Å². The first-order chi connectivity index (χ1) is 21.0. The topological polar surface area (TPSA) is 0 Å². The van der Waals surface area contributed by atoms with Crippen LogP contribution in [0.15, 0.2) is 35.4 Å². The minimum atomic E-state index is -2.34. The summed E-state index contributed by atoms with van der Waals surface area (Å²) in [5.41, 5.74) is 22.0. The predicted molar refractivity (Wildman–Crippen MR) is 192 cm³/mol. The Morgan fingerprint density at radius 1 is 0.543 bits per heavy atom. The number of aryl methyl sites for hydroxylation is 2. The van der Waals surface area contributed by atoms with Crippen molar-refractivity contribution >= 4 is 16.6 Å². The molecule has 0 heterocycles. The zero-order chi connectivity index (χ0) is 31.4. The van der Waals surface area contributed by atoms with Crippen molar-refractivity contribution < 1.29 is 45.2 Å². The summed E-state index contributed by atoms with van der Waals surface area (Å²) >= 11 is -2.34. The number of benzene rings is 2. The van der Waals surface area contributed by atoms with E-state index in [9.17, 15) is 0 Å². The number of allylic oxidation sites excluding steroid dienone is 4. The first-order valence-electron chi connectivity index (χ1n) is 18.4. The molecular formula is C42H60Cl2SiZr. The van der Waals surface area contributed by atoms with Gasteiger partial charge >= 0.3 is 280 Å². The summed E-state index contributed by atoms with van der Waals surface area (Å²) in [6.45, 7) is 25.0. The minimum absolute atomic E-state index is 0. The molecule has 2 aromatic rings. The number of hydrogen-bond donors (Lipinski definition) is 0. The van der Waals surface area contributed by atoms with Gasteiger partial charge in [-0.2, -0.15) is 0 Å². The molecule has 4 heteroatoms. The largest absolute Gasteiger partial charge is 1.00 e. The van der Waals surface area contributed by atoms with E-state index in [1.54, 1.807) is 81.4 Å². The van der Waals surface area contributed by atoms with Gasteiger partial charge in [0.1, 0.15) is 0 Å². The van der Waals surface area contributed by atoms with Gasteiger partial charge in [0.15, 0.2) is 0 Å². The Hall–Kier alpha value is -0.400. The van der Waals surface area contributed by atoms with Crippen LogP contribution in [-0.4, -0.2) is 5.43 Å². The van der Waals surface area contributed by atoms with Crippen molar-refractivity contribution in [3.8, 4) is 0 Å². The van der Waals surface area contributed by atoms with E-state index in [1.165, 1.54) is 38.5 Å². The molecule has 0 amide bonds. The van der Waals surface area contributed by atoms with Crippen molar-refractivity contribution in [1.82, 2.24) is 0 Å². The van der Waals surface area contributed by atoms with Gasteiger partial charge < -0.3 is 24.8 Å². The van der Waals surface area contributed by atoms with E-state index in [0.29, 0.717) is 11.8 Å². The summed E-state index contributed by atoms with van der Waals surface area (Å²) in [6, 6.07) is 10.0. The normalized spacial score (nSPS) is 21.6. The van der Waals surface area contributed by atoms with Crippen LogP contribution in [0, 0.1) is 13.8 Å². The molecule has 0 spiro atoms. The van der Waals surface area contributed by atoms with Crippen molar-refractivity contribution in [1.29, 1.82) is 0 Å². The van der Waals surface area contributed by atoms with Crippen LogP contribution >= 0.6 is 0 Å². The van der Waals surface area contributed by atoms with E-state index in [1.807, 2.05) is 11.1 Å². The van der Waals surface area contributed by atoms with Crippen LogP contribution in [0.25, 0.3) is 11.1 Å². The monoisotopic (exact) mass is 752 g/mol. The molecule has 2 saturated carbocycles. The van der Waals surface area contributed by atoms with Crippen molar-refractivity contribution in [2.24, 2.45) is 0 Å². The van der Waals surface area contributed by atoms with Crippen molar-refractivity contribution in [2.45, 2.75) is 164 Å². The van der Waals surface area contributed by atoms with Gasteiger partial charge in [-0.3, -0.25) is 0 Å². The number of fused-ring (bicyclic) bond motifs is 2. The average molecular weight is 755 g/mol. The second kappa shape index (κ2) is 15.7. The number of hydrogen-bond acceptors (Lipinski definition) is 0. The summed E-state index contributed by atoms with van der Waals surface area (Å²) in [5, 5.41) is 0. The van der Waals surface area contributed by atoms with Gasteiger partial charge in [0.2, 0.25) is 0 Å². The second-order valence-electron chi connectivity index (χ2n) is 15.9. The Bertz CT molecular complexity index is 1430. The zero-order valence-electron chi connectivity index (χ0n) is 30.6. The van der Waals surface area contributed by atoms with Crippen molar-refractivity contribution in [2.75, 3.05) is 0 Å². The molecule has 2 atom stereocenters. The van der Waals surface area contributed by atoms with Gasteiger partial charge in [-0.25, -0.2) is 0 Å². The molecule has 0 aromatic heterocycles. The third-order valence-corrected chi connectivity index (χ3v) is 37.2. The molecule has 2 aromatic carbocycles. The van der Waals surface area contributed by atoms with E-state index >= 15 is 0 Å². The van der Waals surface area contributed by atoms with E-state index in [2.05, 4.69) is 93.5 Å². The first kappa shape index (κ1) is 38.4. The summed E-state index contributed by atoms with van der Waals surface area (Å²) in [4.78, 5) is 0. The second-order valence-corrected chi connectivity index (χ2v) is 31.2. The fourth-order valence-corrected chi connectivity index (χ4v) is 42.5. The number of rotatable bonds is 6. The van der Waals surface area contributed by atoms with Gasteiger partial charge in [-0.15, -0.1) is 0 Å². The third-order valence-electron chi connectivity index (χ3n) is 12.7. The number of halogens is 2. The van der Waals surface area contributed by atoms with Gasteiger partial charge in [0.05, 0.1) is 0 Å². The molecule has 0 N–H and O–H groups in total. The van der Waals surface area contributed by atoms with Crippen molar-refractivity contribution in [3.05, 3.63) is 79.9 Å². The standard InChI is InChI=1S/2C15H19.C12H22Si.2ClH.Zr/c2*1-9(2)13-7-6-10(3)14-8-11(4)12(5)15(13)14;1-3-7-11(8-4-1)13-12-9-5-2-6-10-12;;;/h2*6-9H,1-5H3;11-12H,1-10H2;2*1H;/q;;;;;+2/p-2. The Morgan fingerprint density at radius 3 is 1.22 bits per heavy atom. The molecule has 46 heavy (non-hydrogen) atoms. The van der Waals surface area contributed by atoms with Crippen LogP contribution < -0.4 is 24.8 Å². The average Bonchev–Trinajstić information content (AvgIpc) is 3.43. The van der Waals surface area contributed by atoms with Gasteiger partial charge in [0, 0.05) is 0 Å². The Morgan fingerprint density at radius 2 is 0.891 bits per heavy atom. The molecule has 0 nitrogen and oxygen atoms in total. The maximum Gasteiger partial charge on any atom is -1.00 e. The molecule has 6 rings (SSSR count). The maximum absolute atomic E-state index is 2.62. The fourth-order valence-electron chi connectivity index (χ4n) is 10.2. The van der Waals surface area contributed by atoms with Gasteiger partial charge in [-0.1, -0.05) is 0 Å². The predicted octanol–water partition coefficient (Wildman–Crippen LogP) is 7.23. The van der Waals surface area contributed by atoms with Crippen LogP contribution in [0.3, 0.4) is 0 Å². The summed E-state index contributed by atoms with van der Waals surface area (Å²) in [7, 11) is 0. The Balaban J connectivity index is 0.00000240. The smallest absolute Gasteiger partial charge is 1.00 e. The Labute approximate surface area is 303 Å². The molecule has 250 valence electrons. The van der Waals surface area contributed by atoms with Crippen LogP contribution in [0.4, 0.5) is 0 Å². The van der Waals surface area contributed by atoms with Gasteiger partial charge in [-0.05, 0) is 0 Å². The SMILES string of the molecule is CC1=C(C)[CH]([Zr+2]([CH]2C(C)=C(C)c3c(C(C)C)ccc(C)c32)=[Si](C2CCCCC2)C2CCCCC2)c2c(C)ccc(C(C)C)c21.[Cl-].[Cl-]. The molecule has 0 radical (unpaired) electrons. The quantitative estimate of drug-likeness (QED) is 0.273. The van der Waals surface area contributed by atoms with E-state index in [0.717, 1.165) is 18.3 Å². The first-order valence-corrected chi connectivity index (χ1v) is 26.6. The molecule has 2 unspecified atom stereocenters. The molecule has 2 fully saturated rings. The minimum Gasteiger partial charge on any atom is -1.00 e. The van der Waals surface area contributed by atoms with Crippen molar-refractivity contribution in [3.63, 3.8) is 0 Å². The molecule has 0 saturated heterocycles. The fraction of sp³-hybridized carbons (Fsp3) is 0.619. The summed E-state index contributed by atoms with van der Waals surface area (Å²) < 4.78 is 1.51. The third kappa shape index (κ3) is 6.59.